The van der Waals surface area contributed by atoms with Gasteiger partial charge in [0.15, 0.2) is 5.78 Å². The summed E-state index contributed by atoms with van der Waals surface area (Å²) in [5.41, 5.74) is 0.807. The normalized spacial score (nSPS) is 12.2. The molecule has 0 fully saturated rings. The van der Waals surface area contributed by atoms with Crippen LogP contribution in [0.4, 0.5) is 0 Å². The van der Waals surface area contributed by atoms with Gasteiger partial charge in [-0.3, -0.25) is 4.79 Å². The van der Waals surface area contributed by atoms with Crippen molar-refractivity contribution in [3.63, 3.8) is 0 Å². The zero-order valence-electron chi connectivity index (χ0n) is 11.7. The largest absolute Gasteiger partial charge is 0.494 e. The van der Waals surface area contributed by atoms with Crippen LogP contribution in [0.5, 0.6) is 5.75 Å². The highest BCUT2D eigenvalue weighted by Crippen LogP contribution is 2.20. The molecular weight excluding hydrogens is 224 g/mol. The lowest BCUT2D eigenvalue weighted by atomic mass is 9.91. The molecule has 0 aliphatic heterocycles. The smallest absolute Gasteiger partial charge is 0.165 e. The molecule has 0 spiro atoms. The molecule has 2 heteroatoms. The summed E-state index contributed by atoms with van der Waals surface area (Å²) in [6, 6.07) is 7.51. The second kappa shape index (κ2) is 7.91. The van der Waals surface area contributed by atoms with E-state index in [1.165, 1.54) is 0 Å². The summed E-state index contributed by atoms with van der Waals surface area (Å²) < 4.78 is 5.38. The molecule has 0 saturated heterocycles. The van der Waals surface area contributed by atoms with E-state index in [1.807, 2.05) is 31.2 Å². The van der Waals surface area contributed by atoms with Gasteiger partial charge in [-0.1, -0.05) is 26.7 Å². The van der Waals surface area contributed by atoms with Gasteiger partial charge in [0.05, 0.1) is 6.61 Å². The van der Waals surface area contributed by atoms with Crippen molar-refractivity contribution in [2.45, 2.75) is 46.5 Å². The van der Waals surface area contributed by atoms with Gasteiger partial charge < -0.3 is 4.74 Å². The van der Waals surface area contributed by atoms with Crippen molar-refractivity contribution in [2.24, 2.45) is 5.92 Å². The maximum Gasteiger partial charge on any atom is 0.165 e. The number of ether oxygens (including phenoxy) is 1. The number of carbonyl (C=O) groups excluding carboxylic acids is 1. The van der Waals surface area contributed by atoms with Gasteiger partial charge in [0.25, 0.3) is 0 Å². The third kappa shape index (κ3) is 4.17. The van der Waals surface area contributed by atoms with Crippen LogP contribution >= 0.6 is 0 Å². The van der Waals surface area contributed by atoms with E-state index in [4.69, 9.17) is 4.74 Å². The van der Waals surface area contributed by atoms with E-state index in [-0.39, 0.29) is 11.7 Å². The van der Waals surface area contributed by atoms with Crippen LogP contribution < -0.4 is 4.74 Å². The Balaban J connectivity index is 2.69. The summed E-state index contributed by atoms with van der Waals surface area (Å²) in [6.45, 7) is 6.86. The van der Waals surface area contributed by atoms with Crippen molar-refractivity contribution in [1.29, 1.82) is 0 Å². The number of ketones is 1. The molecule has 18 heavy (non-hydrogen) atoms. The molecule has 1 aromatic rings. The fraction of sp³-hybridized carbons (Fsp3) is 0.562. The Bertz CT molecular complexity index is 354. The quantitative estimate of drug-likeness (QED) is 0.634. The second-order valence-electron chi connectivity index (χ2n) is 4.57. The van der Waals surface area contributed by atoms with E-state index in [0.29, 0.717) is 6.61 Å². The topological polar surface area (TPSA) is 26.3 Å². The number of benzene rings is 1. The Labute approximate surface area is 110 Å². The van der Waals surface area contributed by atoms with Crippen molar-refractivity contribution in [3.05, 3.63) is 29.8 Å². The van der Waals surface area contributed by atoms with Gasteiger partial charge in [-0.2, -0.15) is 0 Å². The van der Waals surface area contributed by atoms with Crippen molar-refractivity contribution < 1.29 is 9.53 Å². The fourth-order valence-electron chi connectivity index (χ4n) is 2.09. The van der Waals surface area contributed by atoms with Gasteiger partial charge in [-0.25, -0.2) is 0 Å². The number of hydrogen-bond acceptors (Lipinski definition) is 2. The SMILES string of the molecule is CCCCC(CC)C(=O)c1ccc(OCC)cc1. The zero-order valence-corrected chi connectivity index (χ0v) is 11.7. The first-order valence-corrected chi connectivity index (χ1v) is 6.99. The maximum absolute atomic E-state index is 12.3. The lowest BCUT2D eigenvalue weighted by molar-refractivity contribution is 0.0908. The number of Topliss-reactive ketones (excluding diaryl/α,β-unsaturated/α-hetero) is 1. The number of rotatable bonds is 8. The first-order chi connectivity index (χ1) is 8.72. The van der Waals surface area contributed by atoms with Gasteiger partial charge in [-0.05, 0) is 44.0 Å². The minimum atomic E-state index is 0.169. The molecule has 0 aliphatic carbocycles. The predicted molar refractivity (Wildman–Crippen MR) is 75.2 cm³/mol. The lowest BCUT2D eigenvalue weighted by Gasteiger charge is -2.13. The third-order valence-corrected chi connectivity index (χ3v) is 3.22. The standard InChI is InChI=1S/C16H24O2/c1-4-7-8-13(5-2)16(17)14-9-11-15(12-10-14)18-6-3/h9-13H,4-8H2,1-3H3. The molecule has 0 N–H and O–H groups in total. The van der Waals surface area contributed by atoms with E-state index in [0.717, 1.165) is 37.0 Å². The minimum absolute atomic E-state index is 0.169. The number of unbranched alkanes of at least 4 members (excludes halogenated alkanes) is 1. The molecule has 1 aromatic carbocycles. The average Bonchev–Trinajstić information content (AvgIpc) is 2.40. The predicted octanol–water partition coefficient (Wildman–Crippen LogP) is 4.48. The van der Waals surface area contributed by atoms with Crippen LogP contribution in [-0.4, -0.2) is 12.4 Å². The molecule has 0 radical (unpaired) electrons. The third-order valence-electron chi connectivity index (χ3n) is 3.22. The molecule has 0 amide bonds. The monoisotopic (exact) mass is 248 g/mol. The van der Waals surface area contributed by atoms with E-state index < -0.39 is 0 Å². The molecular formula is C16H24O2. The first kappa shape index (κ1) is 14.7. The molecule has 1 rings (SSSR count). The van der Waals surface area contributed by atoms with Crippen molar-refractivity contribution in [3.8, 4) is 5.75 Å². The summed E-state index contributed by atoms with van der Waals surface area (Å²) in [7, 11) is 0. The van der Waals surface area contributed by atoms with Crippen LogP contribution in [0.3, 0.4) is 0 Å². The molecule has 100 valence electrons. The van der Waals surface area contributed by atoms with Crippen molar-refractivity contribution in [1.82, 2.24) is 0 Å². The van der Waals surface area contributed by atoms with Gasteiger partial charge >= 0.3 is 0 Å². The van der Waals surface area contributed by atoms with Crippen LogP contribution in [0.25, 0.3) is 0 Å². The van der Waals surface area contributed by atoms with Gasteiger partial charge in [0, 0.05) is 11.5 Å². The molecule has 0 aromatic heterocycles. The molecule has 1 atom stereocenters. The van der Waals surface area contributed by atoms with Crippen LogP contribution in [0.2, 0.25) is 0 Å². The van der Waals surface area contributed by atoms with Crippen LogP contribution in [0.1, 0.15) is 56.8 Å². The van der Waals surface area contributed by atoms with Crippen LogP contribution in [0, 0.1) is 5.92 Å². The molecule has 0 bridgehead atoms. The number of hydrogen-bond donors (Lipinski definition) is 0. The van der Waals surface area contributed by atoms with Crippen LogP contribution in [-0.2, 0) is 0 Å². The van der Waals surface area contributed by atoms with Gasteiger partial charge in [0.2, 0.25) is 0 Å². The van der Waals surface area contributed by atoms with Crippen molar-refractivity contribution >= 4 is 5.78 Å². The molecule has 0 saturated carbocycles. The summed E-state index contributed by atoms with van der Waals surface area (Å²) in [5, 5.41) is 0. The van der Waals surface area contributed by atoms with E-state index in [9.17, 15) is 4.79 Å². The summed E-state index contributed by atoms with van der Waals surface area (Å²) >= 11 is 0. The summed E-state index contributed by atoms with van der Waals surface area (Å²) in [4.78, 5) is 12.3. The Morgan fingerprint density at radius 2 is 1.83 bits per heavy atom. The average molecular weight is 248 g/mol. The highest BCUT2D eigenvalue weighted by molar-refractivity contribution is 5.97. The molecule has 2 nitrogen and oxygen atoms in total. The zero-order chi connectivity index (χ0) is 13.4. The lowest BCUT2D eigenvalue weighted by Crippen LogP contribution is -2.14. The summed E-state index contributed by atoms with van der Waals surface area (Å²) in [5.74, 6) is 1.27. The van der Waals surface area contributed by atoms with Crippen molar-refractivity contribution in [2.75, 3.05) is 6.61 Å². The van der Waals surface area contributed by atoms with E-state index in [2.05, 4.69) is 13.8 Å². The van der Waals surface area contributed by atoms with E-state index >= 15 is 0 Å². The van der Waals surface area contributed by atoms with Gasteiger partial charge in [-0.15, -0.1) is 0 Å². The van der Waals surface area contributed by atoms with Crippen LogP contribution in [0.15, 0.2) is 24.3 Å². The molecule has 0 heterocycles. The highest BCUT2D eigenvalue weighted by Gasteiger charge is 2.17. The molecule has 1 unspecified atom stereocenters. The molecule has 0 aliphatic rings. The Hall–Kier alpha value is -1.31. The Morgan fingerprint density at radius 1 is 1.17 bits per heavy atom. The Kier molecular flexibility index (Phi) is 6.48. The van der Waals surface area contributed by atoms with E-state index in [1.54, 1.807) is 0 Å². The Morgan fingerprint density at radius 3 is 2.33 bits per heavy atom. The first-order valence-electron chi connectivity index (χ1n) is 6.99. The second-order valence-corrected chi connectivity index (χ2v) is 4.57. The highest BCUT2D eigenvalue weighted by atomic mass is 16.5. The number of carbonyl (C=O) groups is 1. The van der Waals surface area contributed by atoms with Gasteiger partial charge in [0.1, 0.15) is 5.75 Å². The fourth-order valence-corrected chi connectivity index (χ4v) is 2.09. The minimum Gasteiger partial charge on any atom is -0.494 e. The maximum atomic E-state index is 12.3. The summed E-state index contributed by atoms with van der Waals surface area (Å²) in [6.07, 6.45) is 4.19.